The lowest BCUT2D eigenvalue weighted by Crippen LogP contribution is -2.18. The molecule has 1 amide bonds. The lowest BCUT2D eigenvalue weighted by molar-refractivity contribution is 0.0960. The van der Waals surface area contributed by atoms with E-state index in [0.29, 0.717) is 0 Å². The van der Waals surface area contributed by atoms with E-state index in [1.165, 1.54) is 26.1 Å². The fourth-order valence-electron chi connectivity index (χ4n) is 1.15. The van der Waals surface area contributed by atoms with Crippen molar-refractivity contribution in [2.24, 2.45) is 0 Å². The summed E-state index contributed by atoms with van der Waals surface area (Å²) in [6, 6.07) is 4.49. The van der Waals surface area contributed by atoms with Gasteiger partial charge in [0.1, 0.15) is 5.75 Å². The molecule has 0 aliphatic heterocycles. The Morgan fingerprint density at radius 2 is 1.86 bits per heavy atom. The van der Waals surface area contributed by atoms with Crippen LogP contribution in [0.5, 0.6) is 5.75 Å². The number of nitrogens with one attached hydrogen (secondary N) is 1. The first-order valence-electron chi connectivity index (χ1n) is 4.13. The van der Waals surface area contributed by atoms with Gasteiger partial charge in [-0.1, -0.05) is 6.07 Å². The van der Waals surface area contributed by atoms with Crippen molar-refractivity contribution in [3.05, 3.63) is 29.3 Å². The molecule has 0 saturated carbocycles. The van der Waals surface area contributed by atoms with Crippen LogP contribution in [0.1, 0.15) is 27.6 Å². The maximum absolute atomic E-state index is 11.2. The summed E-state index contributed by atoms with van der Waals surface area (Å²) in [5.41, 5.74) is 0.270. The summed E-state index contributed by atoms with van der Waals surface area (Å²) in [4.78, 5) is 22.3. The normalized spacial score (nSPS) is 9.57. The summed E-state index contributed by atoms with van der Waals surface area (Å²) >= 11 is 0. The smallest absolute Gasteiger partial charge is 0.254 e. The second kappa shape index (κ2) is 3.91. The van der Waals surface area contributed by atoms with Crippen molar-refractivity contribution in [3.63, 3.8) is 0 Å². The van der Waals surface area contributed by atoms with Crippen molar-refractivity contribution >= 4 is 11.7 Å². The zero-order valence-electron chi connectivity index (χ0n) is 8.00. The first-order valence-corrected chi connectivity index (χ1v) is 4.13. The Hall–Kier alpha value is -1.84. The summed E-state index contributed by atoms with van der Waals surface area (Å²) in [5.74, 6) is -0.946. The molecular weight excluding hydrogens is 182 g/mol. The van der Waals surface area contributed by atoms with Crippen molar-refractivity contribution in [3.8, 4) is 5.75 Å². The number of Topliss-reactive ketones (excluding diaryl/α,β-unsaturated/α-hetero) is 1. The standard InChI is InChI=1S/C10H11NO3/c1-6(12)7-4-3-5-8(9(7)13)10(14)11-2/h3-5,13H,1-2H3,(H,11,14). The molecule has 0 aliphatic carbocycles. The van der Waals surface area contributed by atoms with Gasteiger partial charge in [0.25, 0.3) is 5.91 Å². The Labute approximate surface area is 81.6 Å². The molecule has 0 atom stereocenters. The molecule has 4 heteroatoms. The van der Waals surface area contributed by atoms with Gasteiger partial charge in [-0.3, -0.25) is 9.59 Å². The minimum absolute atomic E-state index is 0.111. The van der Waals surface area contributed by atoms with Crippen LogP contribution in [0.3, 0.4) is 0 Å². The molecule has 0 aliphatic rings. The number of hydrogen-bond acceptors (Lipinski definition) is 3. The SMILES string of the molecule is CNC(=O)c1cccc(C(C)=O)c1O. The molecule has 4 nitrogen and oxygen atoms in total. The minimum Gasteiger partial charge on any atom is -0.506 e. The van der Waals surface area contributed by atoms with E-state index in [2.05, 4.69) is 5.32 Å². The van der Waals surface area contributed by atoms with Crippen molar-refractivity contribution in [2.75, 3.05) is 7.05 Å². The van der Waals surface area contributed by atoms with Crippen molar-refractivity contribution in [1.29, 1.82) is 0 Å². The Kier molecular flexibility index (Phi) is 2.86. The van der Waals surface area contributed by atoms with Crippen LogP contribution >= 0.6 is 0 Å². The zero-order valence-corrected chi connectivity index (χ0v) is 8.00. The van der Waals surface area contributed by atoms with Gasteiger partial charge in [0, 0.05) is 7.05 Å². The third-order valence-electron chi connectivity index (χ3n) is 1.89. The Bertz CT molecular complexity index is 385. The highest BCUT2D eigenvalue weighted by atomic mass is 16.3. The van der Waals surface area contributed by atoms with Crippen LogP contribution in [0.15, 0.2) is 18.2 Å². The van der Waals surface area contributed by atoms with Crippen molar-refractivity contribution in [1.82, 2.24) is 5.32 Å². The summed E-state index contributed by atoms with van der Waals surface area (Å²) in [5, 5.41) is 12.0. The third-order valence-corrected chi connectivity index (χ3v) is 1.89. The van der Waals surface area contributed by atoms with Gasteiger partial charge in [0.05, 0.1) is 11.1 Å². The highest BCUT2D eigenvalue weighted by Crippen LogP contribution is 2.22. The predicted octanol–water partition coefficient (Wildman–Crippen LogP) is 0.954. The third kappa shape index (κ3) is 1.74. The van der Waals surface area contributed by atoms with Crippen LogP contribution in [-0.2, 0) is 0 Å². The van der Waals surface area contributed by atoms with E-state index in [1.807, 2.05) is 0 Å². The van der Waals surface area contributed by atoms with E-state index in [-0.39, 0.29) is 22.7 Å². The molecule has 0 radical (unpaired) electrons. The average Bonchev–Trinajstić information content (AvgIpc) is 2.16. The molecule has 2 N–H and O–H groups in total. The molecule has 0 heterocycles. The number of phenolic OH excluding ortho intramolecular Hbond substituents is 1. The fourth-order valence-corrected chi connectivity index (χ4v) is 1.15. The molecule has 0 aromatic heterocycles. The predicted molar refractivity (Wildman–Crippen MR) is 51.5 cm³/mol. The Morgan fingerprint density at radius 3 is 2.36 bits per heavy atom. The number of carbonyl (C=O) groups excluding carboxylic acids is 2. The second-order valence-electron chi connectivity index (χ2n) is 2.84. The molecule has 0 bridgehead atoms. The molecule has 1 aromatic carbocycles. The molecule has 74 valence electrons. The number of phenols is 1. The average molecular weight is 193 g/mol. The van der Waals surface area contributed by atoms with Crippen LogP contribution in [0.2, 0.25) is 0 Å². The van der Waals surface area contributed by atoms with E-state index in [4.69, 9.17) is 0 Å². The molecular formula is C10H11NO3. The lowest BCUT2D eigenvalue weighted by Gasteiger charge is -2.05. The number of amides is 1. The van der Waals surface area contributed by atoms with Crippen molar-refractivity contribution in [2.45, 2.75) is 6.92 Å². The van der Waals surface area contributed by atoms with Crippen LogP contribution in [0, 0.1) is 0 Å². The van der Waals surface area contributed by atoms with Gasteiger partial charge in [-0.2, -0.15) is 0 Å². The van der Waals surface area contributed by atoms with Gasteiger partial charge in [0.2, 0.25) is 0 Å². The van der Waals surface area contributed by atoms with E-state index < -0.39 is 5.91 Å². The van der Waals surface area contributed by atoms with Crippen molar-refractivity contribution < 1.29 is 14.7 Å². The number of para-hydroxylation sites is 1. The number of ketones is 1. The quantitative estimate of drug-likeness (QED) is 0.687. The lowest BCUT2D eigenvalue weighted by atomic mass is 10.1. The molecule has 0 fully saturated rings. The van der Waals surface area contributed by atoms with E-state index >= 15 is 0 Å². The molecule has 14 heavy (non-hydrogen) atoms. The summed E-state index contributed by atoms with van der Waals surface area (Å²) in [6.45, 7) is 1.34. The zero-order chi connectivity index (χ0) is 10.7. The maximum Gasteiger partial charge on any atom is 0.254 e. The molecule has 0 saturated heterocycles. The van der Waals surface area contributed by atoms with Gasteiger partial charge in [0.15, 0.2) is 5.78 Å². The highest BCUT2D eigenvalue weighted by Gasteiger charge is 2.14. The van der Waals surface area contributed by atoms with E-state index in [9.17, 15) is 14.7 Å². The topological polar surface area (TPSA) is 66.4 Å². The summed E-state index contributed by atoms with van der Waals surface area (Å²) < 4.78 is 0. The first-order chi connectivity index (χ1) is 6.57. The Balaban J connectivity index is 3.27. The van der Waals surface area contributed by atoms with Gasteiger partial charge in [-0.05, 0) is 19.1 Å². The highest BCUT2D eigenvalue weighted by molar-refractivity contribution is 6.03. The molecule has 1 rings (SSSR count). The van der Waals surface area contributed by atoms with Crippen LogP contribution < -0.4 is 5.32 Å². The minimum atomic E-state index is -0.411. The van der Waals surface area contributed by atoms with E-state index in [1.54, 1.807) is 6.07 Å². The number of rotatable bonds is 2. The van der Waals surface area contributed by atoms with Gasteiger partial charge in [-0.15, -0.1) is 0 Å². The number of aromatic hydroxyl groups is 1. The van der Waals surface area contributed by atoms with Gasteiger partial charge >= 0.3 is 0 Å². The van der Waals surface area contributed by atoms with Gasteiger partial charge in [-0.25, -0.2) is 0 Å². The van der Waals surface area contributed by atoms with Crippen LogP contribution in [-0.4, -0.2) is 23.8 Å². The van der Waals surface area contributed by atoms with E-state index in [0.717, 1.165) is 0 Å². The van der Waals surface area contributed by atoms with Gasteiger partial charge < -0.3 is 10.4 Å². The molecule has 1 aromatic rings. The summed E-state index contributed by atoms with van der Waals surface area (Å²) in [7, 11) is 1.46. The Morgan fingerprint density at radius 1 is 1.29 bits per heavy atom. The number of hydrogen-bond donors (Lipinski definition) is 2. The number of benzene rings is 1. The molecule has 0 unspecified atom stereocenters. The molecule has 0 spiro atoms. The number of carbonyl (C=O) groups is 2. The van der Waals surface area contributed by atoms with Crippen LogP contribution in [0.4, 0.5) is 0 Å². The monoisotopic (exact) mass is 193 g/mol. The summed E-state index contributed by atoms with van der Waals surface area (Å²) in [6.07, 6.45) is 0. The van der Waals surface area contributed by atoms with Crippen LogP contribution in [0.25, 0.3) is 0 Å². The largest absolute Gasteiger partial charge is 0.506 e. The fraction of sp³-hybridized carbons (Fsp3) is 0.200. The second-order valence-corrected chi connectivity index (χ2v) is 2.84. The first kappa shape index (κ1) is 10.2. The maximum atomic E-state index is 11.2.